The SMILES string of the molecule is COc1ccc([C@@H]2[C@@H](N3C(=O)c4c(Cl)c(Cl)c(Cl)c(Cl)c4C3=O)C(=O)N2c2ccc(C)c(Cl)c2)cc1Br. The largest absolute Gasteiger partial charge is 0.496 e. The maximum Gasteiger partial charge on any atom is 0.264 e. The quantitative estimate of drug-likeness (QED) is 0.124. The van der Waals surface area contributed by atoms with Gasteiger partial charge in [-0.3, -0.25) is 19.3 Å². The molecule has 0 spiro atoms. The first-order valence-electron chi connectivity index (χ1n) is 10.7. The van der Waals surface area contributed by atoms with Crippen LogP contribution in [0, 0.1) is 6.92 Å². The summed E-state index contributed by atoms with van der Waals surface area (Å²) in [6.45, 7) is 1.84. The number of nitrogens with zero attached hydrogens (tertiary/aromatic N) is 2. The number of fused-ring (bicyclic) bond motifs is 1. The number of carbonyl (C=O) groups excluding carboxylic acids is 3. The molecule has 2 aliphatic heterocycles. The van der Waals surface area contributed by atoms with Gasteiger partial charge in [-0.1, -0.05) is 70.1 Å². The molecule has 0 N–H and O–H groups in total. The van der Waals surface area contributed by atoms with Crippen molar-refractivity contribution in [2.75, 3.05) is 12.0 Å². The summed E-state index contributed by atoms with van der Waals surface area (Å²) in [5, 5.41) is -0.246. The van der Waals surface area contributed by atoms with E-state index in [1.54, 1.807) is 36.4 Å². The standard InChI is InChI=1S/C25H14BrCl5N2O4/c1-9-3-5-11(8-13(9)27)32-21(10-4-6-14(37-2)12(26)7-10)22(25(32)36)33-23(34)15-16(24(33)35)18(29)20(31)19(30)17(15)28/h3-8,21-22H,1-2H3/t21-,22-/m1/s1. The zero-order valence-electron chi connectivity index (χ0n) is 18.9. The Hall–Kier alpha value is -2.00. The lowest BCUT2D eigenvalue weighted by Crippen LogP contribution is -2.67. The monoisotopic (exact) mass is 660 g/mol. The van der Waals surface area contributed by atoms with E-state index < -0.39 is 29.8 Å². The van der Waals surface area contributed by atoms with Crippen molar-refractivity contribution in [2.24, 2.45) is 0 Å². The fourth-order valence-corrected chi connectivity index (χ4v) is 6.31. The van der Waals surface area contributed by atoms with Gasteiger partial charge in [0, 0.05) is 10.7 Å². The average molecular weight is 664 g/mol. The molecule has 2 atom stereocenters. The van der Waals surface area contributed by atoms with Crippen LogP contribution in [0.2, 0.25) is 25.1 Å². The van der Waals surface area contributed by atoms with Gasteiger partial charge in [-0.15, -0.1) is 0 Å². The lowest BCUT2D eigenvalue weighted by Gasteiger charge is -2.50. The predicted molar refractivity (Wildman–Crippen MR) is 148 cm³/mol. The van der Waals surface area contributed by atoms with Crippen LogP contribution in [0.3, 0.4) is 0 Å². The topological polar surface area (TPSA) is 66.9 Å². The molecule has 37 heavy (non-hydrogen) atoms. The predicted octanol–water partition coefficient (Wildman–Crippen LogP) is 7.79. The number of hydrogen-bond acceptors (Lipinski definition) is 4. The van der Waals surface area contributed by atoms with Crippen LogP contribution < -0.4 is 9.64 Å². The lowest BCUT2D eigenvalue weighted by molar-refractivity contribution is -0.130. The van der Waals surface area contributed by atoms with Crippen LogP contribution in [-0.2, 0) is 4.79 Å². The maximum atomic E-state index is 13.7. The minimum Gasteiger partial charge on any atom is -0.496 e. The number of hydrogen-bond donors (Lipinski definition) is 0. The van der Waals surface area contributed by atoms with Crippen LogP contribution in [0.4, 0.5) is 5.69 Å². The molecule has 3 amide bonds. The third kappa shape index (κ3) is 3.94. The second-order valence-corrected chi connectivity index (χ2v) is 11.2. The number of rotatable bonds is 4. The minimum atomic E-state index is -1.20. The molecule has 6 nitrogen and oxygen atoms in total. The van der Waals surface area contributed by atoms with Gasteiger partial charge in [0.05, 0.1) is 48.8 Å². The van der Waals surface area contributed by atoms with E-state index in [1.165, 1.54) is 12.0 Å². The fourth-order valence-electron chi connectivity index (χ4n) is 4.56. The van der Waals surface area contributed by atoms with Gasteiger partial charge < -0.3 is 9.64 Å². The molecular weight excluding hydrogens is 649 g/mol. The van der Waals surface area contributed by atoms with Gasteiger partial charge in [0.1, 0.15) is 11.8 Å². The van der Waals surface area contributed by atoms with Crippen molar-refractivity contribution in [1.29, 1.82) is 0 Å². The van der Waals surface area contributed by atoms with E-state index >= 15 is 0 Å². The van der Waals surface area contributed by atoms with Crippen LogP contribution in [0.15, 0.2) is 40.9 Å². The normalized spacial score (nSPS) is 18.9. The molecule has 2 aliphatic rings. The second kappa shape index (κ2) is 9.63. The van der Waals surface area contributed by atoms with E-state index in [0.29, 0.717) is 26.5 Å². The number of halogens is 6. The highest BCUT2D eigenvalue weighted by Crippen LogP contribution is 2.50. The van der Waals surface area contributed by atoms with Crippen molar-refractivity contribution in [3.05, 3.63) is 88.2 Å². The van der Waals surface area contributed by atoms with E-state index in [9.17, 15) is 14.4 Å². The number of imide groups is 1. The van der Waals surface area contributed by atoms with Gasteiger partial charge in [-0.25, -0.2) is 0 Å². The van der Waals surface area contributed by atoms with Crippen molar-refractivity contribution in [3.63, 3.8) is 0 Å². The molecule has 0 unspecified atom stereocenters. The summed E-state index contributed by atoms with van der Waals surface area (Å²) in [6.07, 6.45) is 0. The molecule has 5 rings (SSSR count). The Kier molecular flexibility index (Phi) is 6.92. The fraction of sp³-hybridized carbons (Fsp3) is 0.160. The van der Waals surface area contributed by atoms with Gasteiger partial charge in [-0.2, -0.15) is 0 Å². The number of amides is 3. The van der Waals surface area contributed by atoms with Gasteiger partial charge >= 0.3 is 0 Å². The molecule has 0 bridgehead atoms. The molecule has 190 valence electrons. The molecule has 1 fully saturated rings. The number of aryl methyl sites for hydroxylation is 1. The Bertz CT molecular complexity index is 1500. The Labute approximate surface area is 245 Å². The number of benzene rings is 3. The Morgan fingerprint density at radius 3 is 1.89 bits per heavy atom. The Balaban J connectivity index is 1.65. The molecule has 0 aliphatic carbocycles. The molecular formula is C25H14BrCl5N2O4. The number of carbonyl (C=O) groups is 3. The van der Waals surface area contributed by atoms with Crippen LogP contribution >= 0.6 is 73.9 Å². The zero-order valence-corrected chi connectivity index (χ0v) is 24.3. The molecule has 0 radical (unpaired) electrons. The maximum absolute atomic E-state index is 13.7. The average Bonchev–Trinajstić information content (AvgIpc) is 3.12. The number of ether oxygens (including phenoxy) is 1. The van der Waals surface area contributed by atoms with Gasteiger partial charge in [0.2, 0.25) is 0 Å². The summed E-state index contributed by atoms with van der Waals surface area (Å²) in [4.78, 5) is 43.1. The van der Waals surface area contributed by atoms with Crippen molar-refractivity contribution >= 4 is 97.3 Å². The van der Waals surface area contributed by atoms with Gasteiger partial charge in [0.15, 0.2) is 0 Å². The minimum absolute atomic E-state index is 0.151. The van der Waals surface area contributed by atoms with Crippen LogP contribution in [0.5, 0.6) is 5.75 Å². The van der Waals surface area contributed by atoms with Crippen LogP contribution in [-0.4, -0.2) is 35.8 Å². The second-order valence-electron chi connectivity index (χ2n) is 8.41. The molecule has 3 aromatic carbocycles. The number of methoxy groups -OCH3 is 1. The third-order valence-corrected chi connectivity index (χ3v) is 9.26. The molecule has 2 heterocycles. The van der Waals surface area contributed by atoms with Crippen molar-refractivity contribution in [3.8, 4) is 5.75 Å². The molecule has 1 saturated heterocycles. The highest BCUT2D eigenvalue weighted by Gasteiger charge is 2.58. The molecule has 3 aromatic rings. The lowest BCUT2D eigenvalue weighted by atomic mass is 9.86. The Morgan fingerprint density at radius 2 is 1.38 bits per heavy atom. The van der Waals surface area contributed by atoms with Crippen molar-refractivity contribution in [1.82, 2.24) is 4.90 Å². The summed E-state index contributed by atoms with van der Waals surface area (Å²) < 4.78 is 5.95. The highest BCUT2D eigenvalue weighted by molar-refractivity contribution is 9.10. The van der Waals surface area contributed by atoms with Crippen molar-refractivity contribution < 1.29 is 19.1 Å². The number of anilines is 1. The van der Waals surface area contributed by atoms with E-state index in [2.05, 4.69) is 15.9 Å². The van der Waals surface area contributed by atoms with E-state index in [4.69, 9.17) is 62.7 Å². The summed E-state index contributed by atoms with van der Waals surface area (Å²) in [6, 6.07) is 8.47. The van der Waals surface area contributed by atoms with Gasteiger partial charge in [-0.05, 0) is 58.2 Å². The van der Waals surface area contributed by atoms with Crippen molar-refractivity contribution in [2.45, 2.75) is 19.0 Å². The summed E-state index contributed by atoms with van der Waals surface area (Å²) in [5.74, 6) is -1.50. The first-order valence-corrected chi connectivity index (χ1v) is 13.3. The van der Waals surface area contributed by atoms with Crippen LogP contribution in [0.25, 0.3) is 0 Å². The smallest absolute Gasteiger partial charge is 0.264 e. The third-order valence-electron chi connectivity index (χ3n) is 6.43. The molecule has 0 saturated carbocycles. The Morgan fingerprint density at radius 1 is 0.784 bits per heavy atom. The number of β-lactam (4-membered cyclic amide) rings is 1. The van der Waals surface area contributed by atoms with Crippen LogP contribution in [0.1, 0.15) is 37.9 Å². The van der Waals surface area contributed by atoms with E-state index in [1.807, 2.05) is 6.92 Å². The molecule has 12 heteroatoms. The first kappa shape index (κ1) is 26.6. The summed E-state index contributed by atoms with van der Waals surface area (Å²) >= 11 is 34.7. The summed E-state index contributed by atoms with van der Waals surface area (Å²) in [5.41, 5.74) is 1.60. The zero-order chi connectivity index (χ0) is 26.9. The summed E-state index contributed by atoms with van der Waals surface area (Å²) in [7, 11) is 1.53. The molecule has 0 aromatic heterocycles. The highest BCUT2D eigenvalue weighted by atomic mass is 79.9. The van der Waals surface area contributed by atoms with E-state index in [0.717, 1.165) is 10.5 Å². The van der Waals surface area contributed by atoms with Gasteiger partial charge in [0.25, 0.3) is 17.7 Å². The van der Waals surface area contributed by atoms with E-state index in [-0.39, 0.29) is 31.2 Å². The first-order chi connectivity index (χ1) is 17.5.